The number of hydrogen-bond acceptors (Lipinski definition) is 11. The zero-order chi connectivity index (χ0) is 25.0. The maximum atomic E-state index is 13.0. The van der Waals surface area contributed by atoms with E-state index in [0.29, 0.717) is 44.7 Å². The standard InChI is InChI=1S/C17H26ClN15O2/c18-11-13(29-31-20)25-12(28-30-19)10(24-11)14(34)26-16-27-17(7-33(16)21)1-3-32(4-2-17)15(35)9-5-22-8-23-6-9/h5-6,10,12,22,24-25H,1-4,7-8,21H2,(H2,19,28)(H2,20,29)(H,26,27,34). The van der Waals surface area contributed by atoms with Gasteiger partial charge >= 0.3 is 0 Å². The Bertz CT molecular complexity index is 1040. The minimum absolute atomic E-state index is 0.00737. The first kappa shape index (κ1) is 24.1. The average molecular weight is 508 g/mol. The molecule has 2 amide bonds. The lowest BCUT2D eigenvalue weighted by molar-refractivity contribution is -0.128. The normalized spacial score (nSPS) is 27.1. The van der Waals surface area contributed by atoms with Crippen LogP contribution in [0.3, 0.4) is 0 Å². The summed E-state index contributed by atoms with van der Waals surface area (Å²) in [6.07, 6.45) is 3.51. The van der Waals surface area contributed by atoms with Gasteiger partial charge in [0, 0.05) is 25.5 Å². The van der Waals surface area contributed by atoms with Gasteiger partial charge in [-0.1, -0.05) is 22.0 Å². The Labute approximate surface area is 204 Å². The first-order chi connectivity index (χ1) is 16.9. The second kappa shape index (κ2) is 10.1. The zero-order valence-electron chi connectivity index (χ0n) is 18.6. The minimum Gasteiger partial charge on any atom is -0.372 e. The molecule has 4 aliphatic rings. The van der Waals surface area contributed by atoms with Crippen LogP contribution in [0.5, 0.6) is 0 Å². The summed E-state index contributed by atoms with van der Waals surface area (Å²) in [4.78, 5) is 35.7. The number of likely N-dealkylation sites (tertiary alicyclic amines) is 1. The number of nitrogens with zero attached hydrogens (tertiary/aromatic N) is 8. The van der Waals surface area contributed by atoms with Gasteiger partial charge in [0.05, 0.1) is 17.7 Å². The Balaban J connectivity index is 1.42. The smallest absolute Gasteiger partial charge is 0.275 e. The number of aliphatic imine (C=N–C) groups is 2. The predicted molar refractivity (Wildman–Crippen MR) is 124 cm³/mol. The molecule has 4 heterocycles. The Kier molecular flexibility index (Phi) is 6.97. The van der Waals surface area contributed by atoms with E-state index in [0.717, 1.165) is 0 Å². The van der Waals surface area contributed by atoms with Gasteiger partial charge in [-0.3, -0.25) is 19.6 Å². The quantitative estimate of drug-likeness (QED) is 0.0906. The summed E-state index contributed by atoms with van der Waals surface area (Å²) in [7, 11) is 0. The number of carbonyl (C=O) groups excluding carboxylic acids is 2. The van der Waals surface area contributed by atoms with Gasteiger partial charge in [-0.25, -0.2) is 5.84 Å². The molecular formula is C17H26ClN15O2. The van der Waals surface area contributed by atoms with Crippen LogP contribution in [0.4, 0.5) is 0 Å². The van der Waals surface area contributed by atoms with Crippen LogP contribution in [0.25, 0.3) is 0 Å². The highest BCUT2D eigenvalue weighted by molar-refractivity contribution is 6.29. The number of rotatable bonds is 4. The number of guanidine groups is 1. The first-order valence-corrected chi connectivity index (χ1v) is 11.0. The largest absolute Gasteiger partial charge is 0.372 e. The maximum Gasteiger partial charge on any atom is 0.275 e. The predicted octanol–water partition coefficient (Wildman–Crippen LogP) is -2.57. The van der Waals surface area contributed by atoms with Crippen LogP contribution in [-0.4, -0.2) is 77.9 Å². The fraction of sp³-hybridized carbons (Fsp3) is 0.529. The topological polar surface area (TPSA) is 241 Å². The summed E-state index contributed by atoms with van der Waals surface area (Å²) in [5.41, 5.74) is 0.0835. The fourth-order valence-corrected chi connectivity index (χ4v) is 4.40. The molecule has 2 atom stereocenters. The number of hydrazine groups is 1. The lowest BCUT2D eigenvalue weighted by Gasteiger charge is -2.38. The van der Waals surface area contributed by atoms with Crippen molar-refractivity contribution in [2.75, 3.05) is 26.3 Å². The van der Waals surface area contributed by atoms with Crippen molar-refractivity contribution < 1.29 is 9.59 Å². The molecule has 0 bridgehead atoms. The number of nitrogens with two attached hydrogens (primary N) is 3. The van der Waals surface area contributed by atoms with E-state index in [4.69, 9.17) is 29.1 Å². The van der Waals surface area contributed by atoms with Crippen LogP contribution < -0.4 is 38.8 Å². The van der Waals surface area contributed by atoms with Crippen LogP contribution >= 0.6 is 11.6 Å². The van der Waals surface area contributed by atoms with Crippen LogP contribution in [0.15, 0.2) is 53.4 Å². The highest BCUT2D eigenvalue weighted by atomic mass is 35.5. The van der Waals surface area contributed by atoms with E-state index in [1.165, 1.54) is 5.01 Å². The lowest BCUT2D eigenvalue weighted by Crippen LogP contribution is -2.55. The van der Waals surface area contributed by atoms with Gasteiger partial charge in [-0.2, -0.15) is 4.99 Å². The van der Waals surface area contributed by atoms with Crippen LogP contribution in [0.2, 0.25) is 0 Å². The Hall–Kier alpha value is -3.99. The third-order valence-electron chi connectivity index (χ3n) is 5.97. The van der Waals surface area contributed by atoms with Gasteiger partial charge in [0.2, 0.25) is 5.96 Å². The Morgan fingerprint density at radius 1 is 1.20 bits per heavy atom. The molecule has 18 heteroatoms. The molecule has 4 rings (SSSR count). The SMILES string of the molecule is NN=NC1=C(Cl)NC(C(=O)/N=C2/NC3(CCN(C(=O)C4=CNCN=C4)CC3)CN2N)C(N=NN)N1. The molecule has 17 nitrogen and oxygen atoms in total. The third kappa shape index (κ3) is 5.09. The molecule has 10 N–H and O–H groups in total. The molecule has 0 aliphatic carbocycles. The highest BCUT2D eigenvalue weighted by Crippen LogP contribution is 2.28. The van der Waals surface area contributed by atoms with Gasteiger partial charge in [0.1, 0.15) is 11.8 Å². The monoisotopic (exact) mass is 507 g/mol. The van der Waals surface area contributed by atoms with Gasteiger partial charge in [0.25, 0.3) is 11.8 Å². The minimum atomic E-state index is -1.05. The van der Waals surface area contributed by atoms with E-state index in [1.807, 2.05) is 0 Å². The van der Waals surface area contributed by atoms with Crippen molar-refractivity contribution in [3.05, 3.63) is 22.8 Å². The van der Waals surface area contributed by atoms with E-state index in [1.54, 1.807) is 17.3 Å². The molecule has 4 aliphatic heterocycles. The fourth-order valence-electron chi connectivity index (χ4n) is 4.19. The van der Waals surface area contributed by atoms with Gasteiger partial charge in [-0.05, 0) is 12.8 Å². The summed E-state index contributed by atoms with van der Waals surface area (Å²) < 4.78 is 0. The number of nitrogens with one attached hydrogen (secondary N) is 4. The molecule has 1 spiro atoms. The Morgan fingerprint density at radius 3 is 2.63 bits per heavy atom. The molecule has 2 fully saturated rings. The number of carbonyl (C=O) groups is 2. The molecule has 0 aromatic carbocycles. The van der Waals surface area contributed by atoms with E-state index >= 15 is 0 Å². The second-order valence-corrected chi connectivity index (χ2v) is 8.57. The molecule has 35 heavy (non-hydrogen) atoms. The number of hydrogen-bond donors (Lipinski definition) is 7. The van der Waals surface area contributed by atoms with Crippen molar-refractivity contribution in [2.45, 2.75) is 30.6 Å². The summed E-state index contributed by atoms with van der Waals surface area (Å²) >= 11 is 6.12. The van der Waals surface area contributed by atoms with Crippen molar-refractivity contribution in [2.24, 2.45) is 48.2 Å². The van der Waals surface area contributed by atoms with Crippen LogP contribution in [-0.2, 0) is 9.59 Å². The van der Waals surface area contributed by atoms with Crippen molar-refractivity contribution in [1.82, 2.24) is 31.2 Å². The number of amides is 2. The molecule has 2 unspecified atom stereocenters. The summed E-state index contributed by atoms with van der Waals surface area (Å²) in [5, 5.41) is 26.9. The molecule has 0 radical (unpaired) electrons. The zero-order valence-corrected chi connectivity index (χ0v) is 19.3. The average Bonchev–Trinajstić information content (AvgIpc) is 3.15. The lowest BCUT2D eigenvalue weighted by atomic mass is 9.88. The first-order valence-electron chi connectivity index (χ1n) is 10.7. The van der Waals surface area contributed by atoms with Crippen molar-refractivity contribution in [3.63, 3.8) is 0 Å². The molecular weight excluding hydrogens is 482 g/mol. The second-order valence-electron chi connectivity index (χ2n) is 8.19. The van der Waals surface area contributed by atoms with Crippen molar-refractivity contribution in [1.29, 1.82) is 0 Å². The van der Waals surface area contributed by atoms with Gasteiger partial charge in [-0.15, -0.1) is 10.2 Å². The van der Waals surface area contributed by atoms with Crippen LogP contribution in [0, 0.1) is 0 Å². The van der Waals surface area contributed by atoms with Crippen molar-refractivity contribution >= 4 is 35.6 Å². The van der Waals surface area contributed by atoms with E-state index in [2.05, 4.69) is 51.9 Å². The van der Waals surface area contributed by atoms with Crippen LogP contribution in [0.1, 0.15) is 12.8 Å². The van der Waals surface area contributed by atoms with Gasteiger partial charge in [0.15, 0.2) is 18.0 Å². The number of halogens is 1. The highest BCUT2D eigenvalue weighted by Gasteiger charge is 2.44. The van der Waals surface area contributed by atoms with E-state index in [-0.39, 0.29) is 22.8 Å². The third-order valence-corrected chi connectivity index (χ3v) is 6.26. The van der Waals surface area contributed by atoms with Crippen molar-refractivity contribution in [3.8, 4) is 0 Å². The Morgan fingerprint density at radius 2 is 1.97 bits per heavy atom. The summed E-state index contributed by atoms with van der Waals surface area (Å²) in [5.74, 6) is 15.9. The van der Waals surface area contributed by atoms with Gasteiger partial charge < -0.3 is 37.9 Å². The van der Waals surface area contributed by atoms with E-state index < -0.39 is 23.7 Å². The maximum absolute atomic E-state index is 13.0. The summed E-state index contributed by atoms with van der Waals surface area (Å²) in [6.45, 7) is 1.90. The number of piperidine rings is 1. The molecule has 0 aromatic rings. The molecule has 2 saturated heterocycles. The van der Waals surface area contributed by atoms with E-state index in [9.17, 15) is 9.59 Å². The summed E-state index contributed by atoms with van der Waals surface area (Å²) in [6, 6.07) is -1.05. The molecule has 0 saturated carbocycles. The molecule has 188 valence electrons. The molecule has 0 aromatic heterocycles.